The zero-order chi connectivity index (χ0) is 12.3. The first kappa shape index (κ1) is 13.1. The average Bonchev–Trinajstić information content (AvgIpc) is 2.35. The van der Waals surface area contributed by atoms with Crippen LogP contribution in [0.4, 0.5) is 0 Å². The van der Waals surface area contributed by atoms with Crippen molar-refractivity contribution >= 4 is 23.2 Å². The molecule has 1 aliphatic heterocycles. The number of pyridine rings is 1. The second kappa shape index (κ2) is 6.01. The molecule has 0 atom stereocenters. The molecule has 0 radical (unpaired) electrons. The predicted octanol–water partition coefficient (Wildman–Crippen LogP) is 2.56. The Kier molecular flexibility index (Phi) is 4.62. The van der Waals surface area contributed by atoms with Gasteiger partial charge in [-0.1, -0.05) is 23.2 Å². The maximum absolute atomic E-state index is 6.10. The molecular formula is C12H17Cl2N3. The van der Waals surface area contributed by atoms with Crippen LogP contribution in [0.1, 0.15) is 18.5 Å². The predicted molar refractivity (Wildman–Crippen MR) is 71.3 cm³/mol. The number of likely N-dealkylation sites (tertiary alicyclic amines) is 1. The van der Waals surface area contributed by atoms with Crippen LogP contribution in [0.3, 0.4) is 0 Å². The van der Waals surface area contributed by atoms with Crippen LogP contribution in [-0.2, 0) is 6.54 Å². The molecule has 1 saturated heterocycles. The monoisotopic (exact) mass is 273 g/mol. The molecule has 0 aliphatic carbocycles. The molecule has 0 bridgehead atoms. The lowest BCUT2D eigenvalue weighted by Gasteiger charge is -2.31. The summed E-state index contributed by atoms with van der Waals surface area (Å²) >= 11 is 12.0. The van der Waals surface area contributed by atoms with Crippen LogP contribution < -0.4 is 5.73 Å². The number of piperidine rings is 1. The summed E-state index contributed by atoms with van der Waals surface area (Å²) in [6.07, 6.45) is 2.32. The third-order valence-corrected chi connectivity index (χ3v) is 3.85. The van der Waals surface area contributed by atoms with E-state index in [1.807, 2.05) is 0 Å². The van der Waals surface area contributed by atoms with Gasteiger partial charge in [-0.15, -0.1) is 0 Å². The topological polar surface area (TPSA) is 42.1 Å². The molecule has 0 unspecified atom stereocenters. The molecule has 1 aromatic heterocycles. The standard InChI is InChI=1S/C12H17Cl2N3/c13-10-1-2-12(14)16-11(10)8-17-5-3-9(7-15)4-6-17/h1-2,9H,3-8,15H2. The highest BCUT2D eigenvalue weighted by Gasteiger charge is 2.19. The number of nitrogens with two attached hydrogens (primary N) is 1. The second-order valence-corrected chi connectivity index (χ2v) is 5.31. The van der Waals surface area contributed by atoms with Crippen molar-refractivity contribution < 1.29 is 0 Å². The molecule has 5 heteroatoms. The van der Waals surface area contributed by atoms with Crippen molar-refractivity contribution in [3.8, 4) is 0 Å². The summed E-state index contributed by atoms with van der Waals surface area (Å²) in [5.74, 6) is 0.675. The highest BCUT2D eigenvalue weighted by atomic mass is 35.5. The van der Waals surface area contributed by atoms with Crippen molar-refractivity contribution in [1.29, 1.82) is 0 Å². The van der Waals surface area contributed by atoms with Crippen molar-refractivity contribution in [3.63, 3.8) is 0 Å². The Hall–Kier alpha value is -0.350. The van der Waals surface area contributed by atoms with Gasteiger partial charge < -0.3 is 5.73 Å². The fourth-order valence-electron chi connectivity index (χ4n) is 2.16. The maximum Gasteiger partial charge on any atom is 0.129 e. The molecule has 0 amide bonds. The van der Waals surface area contributed by atoms with Gasteiger partial charge in [-0.05, 0) is 50.5 Å². The van der Waals surface area contributed by atoms with E-state index in [-0.39, 0.29) is 0 Å². The van der Waals surface area contributed by atoms with Crippen LogP contribution in [0.15, 0.2) is 12.1 Å². The van der Waals surface area contributed by atoms with Gasteiger partial charge in [0.05, 0.1) is 10.7 Å². The normalized spacial score (nSPS) is 18.5. The van der Waals surface area contributed by atoms with Gasteiger partial charge in [-0.2, -0.15) is 0 Å². The molecule has 0 aromatic carbocycles. The van der Waals surface area contributed by atoms with Gasteiger partial charge in [0.1, 0.15) is 5.15 Å². The zero-order valence-corrected chi connectivity index (χ0v) is 11.2. The molecule has 1 fully saturated rings. The molecule has 2 rings (SSSR count). The van der Waals surface area contributed by atoms with Crippen molar-refractivity contribution in [2.45, 2.75) is 19.4 Å². The van der Waals surface area contributed by atoms with Gasteiger partial charge in [0.25, 0.3) is 0 Å². The molecule has 94 valence electrons. The molecule has 0 saturated carbocycles. The molecule has 2 heterocycles. The van der Waals surface area contributed by atoms with Gasteiger partial charge in [0, 0.05) is 6.54 Å². The first-order valence-electron chi connectivity index (χ1n) is 5.92. The molecule has 17 heavy (non-hydrogen) atoms. The molecule has 2 N–H and O–H groups in total. The van der Waals surface area contributed by atoms with E-state index in [4.69, 9.17) is 28.9 Å². The minimum absolute atomic E-state index is 0.501. The van der Waals surface area contributed by atoms with E-state index in [2.05, 4.69) is 9.88 Å². The van der Waals surface area contributed by atoms with E-state index in [1.54, 1.807) is 12.1 Å². The summed E-state index contributed by atoms with van der Waals surface area (Å²) in [6, 6.07) is 3.52. The van der Waals surface area contributed by atoms with Gasteiger partial charge in [0.2, 0.25) is 0 Å². The number of aromatic nitrogens is 1. The number of hydrogen-bond donors (Lipinski definition) is 1. The Labute approximate surface area is 112 Å². The summed E-state index contributed by atoms with van der Waals surface area (Å²) in [4.78, 5) is 6.63. The largest absolute Gasteiger partial charge is 0.330 e. The summed E-state index contributed by atoms with van der Waals surface area (Å²) in [7, 11) is 0. The average molecular weight is 274 g/mol. The van der Waals surface area contributed by atoms with Crippen LogP contribution >= 0.6 is 23.2 Å². The molecule has 1 aliphatic rings. The number of hydrogen-bond acceptors (Lipinski definition) is 3. The molecule has 3 nitrogen and oxygen atoms in total. The number of rotatable bonds is 3. The molecule has 1 aromatic rings. The summed E-state index contributed by atoms with van der Waals surface area (Å²) in [6.45, 7) is 3.69. The highest BCUT2D eigenvalue weighted by molar-refractivity contribution is 6.32. The first-order chi connectivity index (χ1) is 8.19. The van der Waals surface area contributed by atoms with E-state index in [0.717, 1.165) is 44.7 Å². The lowest BCUT2D eigenvalue weighted by atomic mass is 9.97. The fourth-order valence-corrected chi connectivity index (χ4v) is 2.49. The lowest BCUT2D eigenvalue weighted by molar-refractivity contribution is 0.179. The van der Waals surface area contributed by atoms with Gasteiger partial charge in [-0.25, -0.2) is 4.98 Å². The van der Waals surface area contributed by atoms with Crippen molar-refractivity contribution in [3.05, 3.63) is 28.0 Å². The van der Waals surface area contributed by atoms with E-state index in [0.29, 0.717) is 16.1 Å². The second-order valence-electron chi connectivity index (χ2n) is 4.52. The van der Waals surface area contributed by atoms with Crippen LogP contribution in [0.25, 0.3) is 0 Å². The third-order valence-electron chi connectivity index (χ3n) is 3.30. The van der Waals surface area contributed by atoms with Crippen molar-refractivity contribution in [2.24, 2.45) is 11.7 Å². The quantitative estimate of drug-likeness (QED) is 0.861. The van der Waals surface area contributed by atoms with Gasteiger partial charge in [-0.3, -0.25) is 4.90 Å². The minimum atomic E-state index is 0.501. The smallest absolute Gasteiger partial charge is 0.129 e. The van der Waals surface area contributed by atoms with Gasteiger partial charge >= 0.3 is 0 Å². The Morgan fingerprint density at radius 3 is 2.65 bits per heavy atom. The van der Waals surface area contributed by atoms with E-state index in [9.17, 15) is 0 Å². The summed E-state index contributed by atoms with van der Waals surface area (Å²) < 4.78 is 0. The third kappa shape index (κ3) is 3.55. The van der Waals surface area contributed by atoms with Crippen molar-refractivity contribution in [2.75, 3.05) is 19.6 Å². The lowest BCUT2D eigenvalue weighted by Crippen LogP contribution is -2.35. The molecular weight excluding hydrogens is 257 g/mol. The Balaban J connectivity index is 1.95. The minimum Gasteiger partial charge on any atom is -0.330 e. The summed E-state index contributed by atoms with van der Waals surface area (Å²) in [5.41, 5.74) is 6.54. The molecule has 0 spiro atoms. The number of halogens is 2. The highest BCUT2D eigenvalue weighted by Crippen LogP contribution is 2.22. The first-order valence-corrected chi connectivity index (χ1v) is 6.68. The SMILES string of the molecule is NCC1CCN(Cc2nc(Cl)ccc2Cl)CC1. The van der Waals surface area contributed by atoms with E-state index in [1.165, 1.54) is 0 Å². The number of nitrogens with zero attached hydrogens (tertiary/aromatic N) is 2. The van der Waals surface area contributed by atoms with Crippen LogP contribution in [0.5, 0.6) is 0 Å². The Bertz CT molecular complexity index is 376. The van der Waals surface area contributed by atoms with Crippen LogP contribution in [0, 0.1) is 5.92 Å². The van der Waals surface area contributed by atoms with Crippen molar-refractivity contribution in [1.82, 2.24) is 9.88 Å². The zero-order valence-electron chi connectivity index (χ0n) is 9.70. The van der Waals surface area contributed by atoms with Crippen LogP contribution in [-0.4, -0.2) is 29.5 Å². The maximum atomic E-state index is 6.10. The van der Waals surface area contributed by atoms with Crippen LogP contribution in [0.2, 0.25) is 10.2 Å². The van der Waals surface area contributed by atoms with Gasteiger partial charge in [0.15, 0.2) is 0 Å². The van der Waals surface area contributed by atoms with E-state index >= 15 is 0 Å². The Morgan fingerprint density at radius 1 is 1.29 bits per heavy atom. The Morgan fingerprint density at radius 2 is 2.00 bits per heavy atom. The van der Waals surface area contributed by atoms with E-state index < -0.39 is 0 Å². The fraction of sp³-hybridized carbons (Fsp3) is 0.583. The summed E-state index contributed by atoms with van der Waals surface area (Å²) in [5, 5.41) is 1.19.